The van der Waals surface area contributed by atoms with Gasteiger partial charge in [0.1, 0.15) is 0 Å². The van der Waals surface area contributed by atoms with Crippen molar-refractivity contribution in [1.82, 2.24) is 5.32 Å². The first-order valence-corrected chi connectivity index (χ1v) is 6.68. The number of hydrogen-bond acceptors (Lipinski definition) is 2. The Labute approximate surface area is 107 Å². The van der Waals surface area contributed by atoms with Gasteiger partial charge in [-0.25, -0.2) is 0 Å². The average molecular weight is 267 g/mol. The Kier molecular flexibility index (Phi) is 5.46. The van der Waals surface area contributed by atoms with E-state index in [-0.39, 0.29) is 24.5 Å². The van der Waals surface area contributed by atoms with Gasteiger partial charge in [0, 0.05) is 19.2 Å². The topological polar surface area (TPSA) is 21.3 Å². The van der Waals surface area contributed by atoms with E-state index in [0.29, 0.717) is 19.6 Å². The molecule has 5 heteroatoms. The number of rotatable bonds is 5. The van der Waals surface area contributed by atoms with Crippen molar-refractivity contribution in [3.63, 3.8) is 0 Å². The molecule has 108 valence electrons. The molecule has 1 aliphatic rings. The fourth-order valence-corrected chi connectivity index (χ4v) is 2.50. The summed E-state index contributed by atoms with van der Waals surface area (Å²) in [6.07, 6.45) is -2.09. The summed E-state index contributed by atoms with van der Waals surface area (Å²) in [6.45, 7) is 7.03. The highest BCUT2D eigenvalue weighted by molar-refractivity contribution is 4.84. The van der Waals surface area contributed by atoms with Crippen molar-refractivity contribution in [3.8, 4) is 0 Å². The summed E-state index contributed by atoms with van der Waals surface area (Å²) in [7, 11) is 0. The van der Waals surface area contributed by atoms with Crippen LogP contribution in [0.15, 0.2) is 0 Å². The van der Waals surface area contributed by atoms with Crippen molar-refractivity contribution in [1.29, 1.82) is 0 Å². The molecule has 1 saturated carbocycles. The molecule has 2 unspecified atom stereocenters. The number of hydrogen-bond donors (Lipinski definition) is 1. The van der Waals surface area contributed by atoms with Gasteiger partial charge in [0.15, 0.2) is 0 Å². The van der Waals surface area contributed by atoms with E-state index in [2.05, 4.69) is 5.32 Å². The Hall–Kier alpha value is -0.290. The van der Waals surface area contributed by atoms with Crippen LogP contribution in [0.1, 0.15) is 46.5 Å². The number of nitrogens with one attached hydrogen (secondary N) is 1. The predicted octanol–water partition coefficient (Wildman–Crippen LogP) is 3.51. The van der Waals surface area contributed by atoms with Crippen LogP contribution in [0.5, 0.6) is 0 Å². The van der Waals surface area contributed by atoms with Crippen molar-refractivity contribution in [2.24, 2.45) is 5.92 Å². The van der Waals surface area contributed by atoms with Gasteiger partial charge in [0.05, 0.1) is 11.5 Å². The van der Waals surface area contributed by atoms with Crippen molar-refractivity contribution in [3.05, 3.63) is 0 Å². The van der Waals surface area contributed by atoms with Gasteiger partial charge in [-0.3, -0.25) is 0 Å². The molecule has 0 spiro atoms. The zero-order valence-electron chi connectivity index (χ0n) is 11.4. The lowest BCUT2D eigenvalue weighted by atomic mass is 9.85. The number of ether oxygens (including phenoxy) is 1. The van der Waals surface area contributed by atoms with Gasteiger partial charge in [0.2, 0.25) is 0 Å². The minimum Gasteiger partial charge on any atom is -0.375 e. The van der Waals surface area contributed by atoms with E-state index < -0.39 is 12.1 Å². The molecule has 2 nitrogen and oxygen atoms in total. The van der Waals surface area contributed by atoms with Crippen LogP contribution in [0.25, 0.3) is 0 Å². The third-order valence-corrected chi connectivity index (χ3v) is 3.49. The Balaban J connectivity index is 2.39. The molecule has 0 bridgehead atoms. The van der Waals surface area contributed by atoms with Gasteiger partial charge in [-0.1, -0.05) is 6.42 Å². The molecule has 0 amide bonds. The van der Waals surface area contributed by atoms with Crippen LogP contribution in [-0.4, -0.2) is 31.0 Å². The summed E-state index contributed by atoms with van der Waals surface area (Å²) in [5, 5.41) is 3.22. The van der Waals surface area contributed by atoms with Crippen molar-refractivity contribution < 1.29 is 17.9 Å². The molecule has 2 atom stereocenters. The van der Waals surface area contributed by atoms with E-state index in [1.807, 2.05) is 20.8 Å². The van der Waals surface area contributed by atoms with Crippen molar-refractivity contribution >= 4 is 0 Å². The Morgan fingerprint density at radius 2 is 1.89 bits per heavy atom. The van der Waals surface area contributed by atoms with Crippen LogP contribution in [0.3, 0.4) is 0 Å². The maximum absolute atomic E-state index is 12.7. The number of halogens is 3. The lowest BCUT2D eigenvalue weighted by Crippen LogP contribution is -2.45. The lowest BCUT2D eigenvalue weighted by molar-refractivity contribution is -0.183. The number of alkyl halides is 3. The summed E-state index contributed by atoms with van der Waals surface area (Å²) in [5.41, 5.74) is -0.320. The SMILES string of the molecule is CCOC(C)(C)CNC1CCCC(C(F)(F)F)C1. The minimum atomic E-state index is -4.05. The van der Waals surface area contributed by atoms with Crippen LogP contribution in [-0.2, 0) is 4.74 Å². The van der Waals surface area contributed by atoms with E-state index in [0.717, 1.165) is 6.42 Å². The van der Waals surface area contributed by atoms with Gasteiger partial charge < -0.3 is 10.1 Å². The first-order valence-electron chi connectivity index (χ1n) is 6.68. The van der Waals surface area contributed by atoms with E-state index in [4.69, 9.17) is 4.74 Å². The zero-order valence-corrected chi connectivity index (χ0v) is 11.4. The molecule has 1 rings (SSSR count). The highest BCUT2D eigenvalue weighted by Gasteiger charge is 2.42. The monoisotopic (exact) mass is 267 g/mol. The third kappa shape index (κ3) is 5.14. The largest absolute Gasteiger partial charge is 0.391 e. The van der Waals surface area contributed by atoms with Gasteiger partial charge in [-0.15, -0.1) is 0 Å². The van der Waals surface area contributed by atoms with Crippen molar-refractivity contribution in [2.75, 3.05) is 13.2 Å². The standard InChI is InChI=1S/C13H24F3NO/c1-4-18-12(2,3)9-17-11-7-5-6-10(8-11)13(14,15)16/h10-11,17H,4-9H2,1-3H3. The second-order valence-corrected chi connectivity index (χ2v) is 5.68. The molecule has 1 N–H and O–H groups in total. The predicted molar refractivity (Wildman–Crippen MR) is 65.5 cm³/mol. The molecular formula is C13H24F3NO. The second-order valence-electron chi connectivity index (χ2n) is 5.68. The summed E-state index contributed by atoms with van der Waals surface area (Å²) >= 11 is 0. The molecule has 0 aromatic heterocycles. The molecular weight excluding hydrogens is 243 g/mol. The smallest absolute Gasteiger partial charge is 0.375 e. The quantitative estimate of drug-likeness (QED) is 0.823. The first kappa shape index (κ1) is 15.8. The Bertz CT molecular complexity index is 253. The minimum absolute atomic E-state index is 0.0369. The zero-order chi connectivity index (χ0) is 13.8. The molecule has 0 heterocycles. The molecule has 18 heavy (non-hydrogen) atoms. The summed E-state index contributed by atoms with van der Waals surface area (Å²) < 4.78 is 43.5. The molecule has 0 radical (unpaired) electrons. The van der Waals surface area contributed by atoms with Crippen LogP contribution in [0.2, 0.25) is 0 Å². The van der Waals surface area contributed by atoms with Crippen LogP contribution in [0.4, 0.5) is 13.2 Å². The van der Waals surface area contributed by atoms with Gasteiger partial charge >= 0.3 is 6.18 Å². The molecule has 0 aliphatic heterocycles. The summed E-state index contributed by atoms with van der Waals surface area (Å²) in [6, 6.07) is -0.0369. The van der Waals surface area contributed by atoms with E-state index >= 15 is 0 Å². The molecule has 0 saturated heterocycles. The van der Waals surface area contributed by atoms with Crippen LogP contribution >= 0.6 is 0 Å². The van der Waals surface area contributed by atoms with Crippen molar-refractivity contribution in [2.45, 2.75) is 64.3 Å². The lowest BCUT2D eigenvalue weighted by Gasteiger charge is -2.34. The highest BCUT2D eigenvalue weighted by Crippen LogP contribution is 2.37. The Morgan fingerprint density at radius 1 is 1.22 bits per heavy atom. The van der Waals surface area contributed by atoms with Crippen LogP contribution in [0, 0.1) is 5.92 Å². The van der Waals surface area contributed by atoms with Crippen LogP contribution < -0.4 is 5.32 Å². The van der Waals surface area contributed by atoms with Gasteiger partial charge in [0.25, 0.3) is 0 Å². The van der Waals surface area contributed by atoms with Gasteiger partial charge in [-0.2, -0.15) is 13.2 Å². The summed E-state index contributed by atoms with van der Waals surface area (Å²) in [4.78, 5) is 0. The molecule has 1 aliphatic carbocycles. The Morgan fingerprint density at radius 3 is 2.44 bits per heavy atom. The fraction of sp³-hybridized carbons (Fsp3) is 1.00. The third-order valence-electron chi connectivity index (χ3n) is 3.49. The average Bonchev–Trinajstić information content (AvgIpc) is 2.26. The maximum atomic E-state index is 12.7. The molecule has 0 aromatic rings. The molecule has 0 aromatic carbocycles. The normalized spacial score (nSPS) is 26.3. The van der Waals surface area contributed by atoms with Gasteiger partial charge in [-0.05, 0) is 40.0 Å². The first-order chi connectivity index (χ1) is 8.24. The van der Waals surface area contributed by atoms with E-state index in [9.17, 15) is 13.2 Å². The fourth-order valence-electron chi connectivity index (χ4n) is 2.50. The van der Waals surface area contributed by atoms with E-state index in [1.54, 1.807) is 0 Å². The highest BCUT2D eigenvalue weighted by atomic mass is 19.4. The second kappa shape index (κ2) is 6.24. The van der Waals surface area contributed by atoms with E-state index in [1.165, 1.54) is 0 Å². The summed E-state index contributed by atoms with van der Waals surface area (Å²) in [5.74, 6) is -1.14. The maximum Gasteiger partial charge on any atom is 0.391 e. The molecule has 1 fully saturated rings.